The van der Waals surface area contributed by atoms with E-state index in [1.807, 2.05) is 13.0 Å². The Morgan fingerprint density at radius 2 is 2.43 bits per heavy atom. The number of hydrogen-bond donors (Lipinski definition) is 0. The highest BCUT2D eigenvalue weighted by Gasteiger charge is 2.18. The lowest BCUT2D eigenvalue weighted by Crippen LogP contribution is -2.42. The van der Waals surface area contributed by atoms with Gasteiger partial charge in [-0.25, -0.2) is 9.97 Å². The van der Waals surface area contributed by atoms with Crippen molar-refractivity contribution in [2.45, 2.75) is 20.0 Å². The molecule has 1 saturated heterocycles. The number of morpholine rings is 1. The van der Waals surface area contributed by atoms with Gasteiger partial charge in [0.25, 0.3) is 0 Å². The maximum absolute atomic E-state index is 5.46. The van der Waals surface area contributed by atoms with Crippen LogP contribution in [0.15, 0.2) is 12.3 Å². The van der Waals surface area contributed by atoms with Gasteiger partial charge in [0.15, 0.2) is 0 Å². The summed E-state index contributed by atoms with van der Waals surface area (Å²) in [5, 5.41) is 0. The molecule has 0 spiro atoms. The molecule has 76 valence electrons. The van der Waals surface area contributed by atoms with Crippen molar-refractivity contribution in [1.82, 2.24) is 9.97 Å². The molecule has 0 bridgehead atoms. The van der Waals surface area contributed by atoms with E-state index in [2.05, 4.69) is 21.8 Å². The molecule has 0 saturated carbocycles. The normalized spacial score (nSPS) is 22.4. The van der Waals surface area contributed by atoms with E-state index in [0.717, 1.165) is 31.3 Å². The lowest BCUT2D eigenvalue weighted by atomic mass is 10.3. The quantitative estimate of drug-likeness (QED) is 0.667. The Kier molecular flexibility index (Phi) is 2.63. The number of nitrogens with zero attached hydrogens (tertiary/aromatic N) is 3. The van der Waals surface area contributed by atoms with E-state index >= 15 is 0 Å². The number of hydrogen-bond acceptors (Lipinski definition) is 4. The highest BCUT2D eigenvalue weighted by Crippen LogP contribution is 2.12. The first-order valence-electron chi connectivity index (χ1n) is 4.92. The molecule has 1 atom stereocenters. The molecule has 1 fully saturated rings. The monoisotopic (exact) mass is 193 g/mol. The van der Waals surface area contributed by atoms with Crippen molar-refractivity contribution < 1.29 is 4.74 Å². The number of aromatic nitrogens is 2. The van der Waals surface area contributed by atoms with Crippen LogP contribution in [-0.4, -0.2) is 35.8 Å². The molecule has 4 heteroatoms. The molecular formula is C10H15N3O. The molecule has 0 radical (unpaired) electrons. The van der Waals surface area contributed by atoms with Crippen molar-refractivity contribution in [1.29, 1.82) is 0 Å². The van der Waals surface area contributed by atoms with E-state index in [-0.39, 0.29) is 6.10 Å². The number of anilines is 1. The SMILES string of the molecule is Cc1ccnc(N2CCO[C@H](C)C2)n1. The highest BCUT2D eigenvalue weighted by molar-refractivity contribution is 5.30. The Labute approximate surface area is 83.9 Å². The van der Waals surface area contributed by atoms with Crippen LogP contribution in [0, 0.1) is 6.92 Å². The van der Waals surface area contributed by atoms with Gasteiger partial charge in [-0.1, -0.05) is 0 Å². The van der Waals surface area contributed by atoms with Gasteiger partial charge in [0, 0.05) is 25.0 Å². The van der Waals surface area contributed by atoms with Gasteiger partial charge in [0.1, 0.15) is 0 Å². The zero-order valence-electron chi connectivity index (χ0n) is 8.60. The van der Waals surface area contributed by atoms with E-state index in [9.17, 15) is 0 Å². The Morgan fingerprint density at radius 1 is 1.57 bits per heavy atom. The fourth-order valence-corrected chi connectivity index (χ4v) is 1.59. The molecule has 0 amide bonds. The second-order valence-electron chi connectivity index (χ2n) is 3.63. The third-order valence-electron chi connectivity index (χ3n) is 2.31. The summed E-state index contributed by atoms with van der Waals surface area (Å²) in [5.41, 5.74) is 1.01. The van der Waals surface area contributed by atoms with Crippen LogP contribution >= 0.6 is 0 Å². The van der Waals surface area contributed by atoms with Gasteiger partial charge < -0.3 is 9.64 Å². The summed E-state index contributed by atoms with van der Waals surface area (Å²) in [6.07, 6.45) is 2.07. The fourth-order valence-electron chi connectivity index (χ4n) is 1.59. The average molecular weight is 193 g/mol. The van der Waals surface area contributed by atoms with E-state index in [0.29, 0.717) is 0 Å². The third kappa shape index (κ3) is 2.01. The first-order valence-corrected chi connectivity index (χ1v) is 4.92. The maximum atomic E-state index is 5.46. The number of aryl methyl sites for hydroxylation is 1. The molecule has 1 aromatic rings. The van der Waals surface area contributed by atoms with Gasteiger partial charge in [-0.3, -0.25) is 0 Å². The Bertz CT molecular complexity index is 316. The van der Waals surface area contributed by atoms with Crippen molar-refractivity contribution in [3.8, 4) is 0 Å². The molecule has 1 aromatic heterocycles. The van der Waals surface area contributed by atoms with Crippen LogP contribution < -0.4 is 4.90 Å². The van der Waals surface area contributed by atoms with Crippen molar-refractivity contribution in [3.05, 3.63) is 18.0 Å². The van der Waals surface area contributed by atoms with Gasteiger partial charge in [0.2, 0.25) is 5.95 Å². The van der Waals surface area contributed by atoms with Crippen LogP contribution in [0.1, 0.15) is 12.6 Å². The zero-order chi connectivity index (χ0) is 9.97. The molecule has 0 aliphatic carbocycles. The molecule has 1 aliphatic rings. The van der Waals surface area contributed by atoms with Crippen LogP contribution in [0.4, 0.5) is 5.95 Å². The second kappa shape index (κ2) is 3.92. The summed E-state index contributed by atoms with van der Waals surface area (Å²) < 4.78 is 5.46. The first kappa shape index (κ1) is 9.40. The van der Waals surface area contributed by atoms with Gasteiger partial charge in [-0.15, -0.1) is 0 Å². The third-order valence-corrected chi connectivity index (χ3v) is 2.31. The van der Waals surface area contributed by atoms with E-state index in [1.54, 1.807) is 6.20 Å². The van der Waals surface area contributed by atoms with Crippen LogP contribution in [0.3, 0.4) is 0 Å². The maximum Gasteiger partial charge on any atom is 0.225 e. The van der Waals surface area contributed by atoms with Crippen molar-refractivity contribution in [3.63, 3.8) is 0 Å². The van der Waals surface area contributed by atoms with Gasteiger partial charge in [-0.05, 0) is 19.9 Å². The Balaban J connectivity index is 2.14. The largest absolute Gasteiger partial charge is 0.375 e. The number of ether oxygens (including phenoxy) is 1. The minimum atomic E-state index is 0.271. The molecular weight excluding hydrogens is 178 g/mol. The van der Waals surface area contributed by atoms with Gasteiger partial charge in [0.05, 0.1) is 12.7 Å². The summed E-state index contributed by atoms with van der Waals surface area (Å²) in [6, 6.07) is 1.91. The van der Waals surface area contributed by atoms with E-state index < -0.39 is 0 Å². The molecule has 1 aliphatic heterocycles. The summed E-state index contributed by atoms with van der Waals surface area (Å²) in [5.74, 6) is 0.820. The van der Waals surface area contributed by atoms with E-state index in [4.69, 9.17) is 4.74 Å². The summed E-state index contributed by atoms with van der Waals surface area (Å²) in [7, 11) is 0. The standard InChI is InChI=1S/C10H15N3O/c1-8-3-4-11-10(12-8)13-5-6-14-9(2)7-13/h3-4,9H,5-7H2,1-2H3/t9-/m1/s1. The second-order valence-corrected chi connectivity index (χ2v) is 3.63. The summed E-state index contributed by atoms with van der Waals surface area (Å²) in [6.45, 7) is 6.58. The molecule has 4 nitrogen and oxygen atoms in total. The topological polar surface area (TPSA) is 38.2 Å². The summed E-state index contributed by atoms with van der Waals surface area (Å²) >= 11 is 0. The Morgan fingerprint density at radius 3 is 3.14 bits per heavy atom. The average Bonchev–Trinajstić information content (AvgIpc) is 2.18. The predicted octanol–water partition coefficient (Wildman–Crippen LogP) is 1.01. The predicted molar refractivity (Wildman–Crippen MR) is 54.4 cm³/mol. The molecule has 0 N–H and O–H groups in total. The molecule has 14 heavy (non-hydrogen) atoms. The minimum Gasteiger partial charge on any atom is -0.375 e. The number of rotatable bonds is 1. The lowest BCUT2D eigenvalue weighted by molar-refractivity contribution is 0.0526. The van der Waals surface area contributed by atoms with Gasteiger partial charge >= 0.3 is 0 Å². The molecule has 0 aromatic carbocycles. The lowest BCUT2D eigenvalue weighted by Gasteiger charge is -2.31. The van der Waals surface area contributed by atoms with Crippen molar-refractivity contribution in [2.75, 3.05) is 24.6 Å². The highest BCUT2D eigenvalue weighted by atomic mass is 16.5. The fraction of sp³-hybridized carbons (Fsp3) is 0.600. The van der Waals surface area contributed by atoms with Crippen LogP contribution in [-0.2, 0) is 4.74 Å². The summed E-state index contributed by atoms with van der Waals surface area (Å²) in [4.78, 5) is 10.8. The molecule has 2 heterocycles. The van der Waals surface area contributed by atoms with Crippen molar-refractivity contribution in [2.24, 2.45) is 0 Å². The Hall–Kier alpha value is -1.16. The van der Waals surface area contributed by atoms with E-state index in [1.165, 1.54) is 0 Å². The molecule has 0 unspecified atom stereocenters. The first-order chi connectivity index (χ1) is 6.75. The zero-order valence-corrected chi connectivity index (χ0v) is 8.60. The smallest absolute Gasteiger partial charge is 0.225 e. The molecule has 2 rings (SSSR count). The van der Waals surface area contributed by atoms with Crippen LogP contribution in [0.5, 0.6) is 0 Å². The van der Waals surface area contributed by atoms with Crippen molar-refractivity contribution >= 4 is 5.95 Å². The minimum absolute atomic E-state index is 0.271. The van der Waals surface area contributed by atoms with Crippen LogP contribution in [0.2, 0.25) is 0 Å². The van der Waals surface area contributed by atoms with Crippen LogP contribution in [0.25, 0.3) is 0 Å². The van der Waals surface area contributed by atoms with Gasteiger partial charge in [-0.2, -0.15) is 0 Å².